The Kier molecular flexibility index (Phi) is 6.25. The fourth-order valence-corrected chi connectivity index (χ4v) is 6.11. The molecular formula is C26H30N8O3S. The number of H-pyrrole nitrogens is 1. The zero-order chi connectivity index (χ0) is 26.4. The van der Waals surface area contributed by atoms with Gasteiger partial charge in [-0.15, -0.1) is 11.3 Å². The third-order valence-corrected chi connectivity index (χ3v) is 8.18. The van der Waals surface area contributed by atoms with Crippen molar-refractivity contribution in [2.75, 3.05) is 38.7 Å². The van der Waals surface area contributed by atoms with Crippen LogP contribution in [0, 0.1) is 5.41 Å². The van der Waals surface area contributed by atoms with Gasteiger partial charge in [0.15, 0.2) is 0 Å². The minimum absolute atomic E-state index is 0.0696. The molecule has 1 amide bonds. The summed E-state index contributed by atoms with van der Waals surface area (Å²) in [7, 11) is 1.66. The van der Waals surface area contributed by atoms with Crippen LogP contribution in [0.2, 0.25) is 0 Å². The number of nitrogens with one attached hydrogen (secondary N) is 2. The predicted octanol–water partition coefficient (Wildman–Crippen LogP) is 3.36. The number of carbonyl (C=O) groups excluding carboxylic acids is 1. The van der Waals surface area contributed by atoms with E-state index in [-0.39, 0.29) is 11.5 Å². The predicted molar refractivity (Wildman–Crippen MR) is 148 cm³/mol. The van der Waals surface area contributed by atoms with Crippen molar-refractivity contribution in [3.63, 3.8) is 0 Å². The van der Waals surface area contributed by atoms with Gasteiger partial charge < -0.3 is 19.9 Å². The van der Waals surface area contributed by atoms with Crippen LogP contribution in [0.15, 0.2) is 35.6 Å². The molecule has 5 aromatic heterocycles. The van der Waals surface area contributed by atoms with Crippen molar-refractivity contribution in [3.05, 3.63) is 41.2 Å². The first-order valence-corrected chi connectivity index (χ1v) is 13.5. The summed E-state index contributed by atoms with van der Waals surface area (Å²) in [5, 5.41) is 12.5. The molecule has 1 aliphatic rings. The van der Waals surface area contributed by atoms with Crippen molar-refractivity contribution in [3.8, 4) is 10.4 Å². The van der Waals surface area contributed by atoms with Gasteiger partial charge in [0.05, 0.1) is 41.6 Å². The van der Waals surface area contributed by atoms with Crippen molar-refractivity contribution in [2.45, 2.75) is 33.2 Å². The molecule has 0 atom stereocenters. The molecule has 38 heavy (non-hydrogen) atoms. The van der Waals surface area contributed by atoms with Gasteiger partial charge in [-0.2, -0.15) is 10.2 Å². The number of thiazole rings is 1. The molecule has 6 heterocycles. The smallest absolute Gasteiger partial charge is 0.261 e. The lowest BCUT2D eigenvalue weighted by atomic mass is 9.93. The van der Waals surface area contributed by atoms with Crippen LogP contribution in [0.25, 0.3) is 37.2 Å². The van der Waals surface area contributed by atoms with Gasteiger partial charge in [-0.1, -0.05) is 13.8 Å². The van der Waals surface area contributed by atoms with E-state index in [1.165, 1.54) is 11.3 Å². The van der Waals surface area contributed by atoms with Crippen LogP contribution in [0.5, 0.6) is 0 Å². The number of methoxy groups -OCH3 is 1. The highest BCUT2D eigenvalue weighted by Crippen LogP contribution is 2.33. The molecule has 198 valence electrons. The topological polar surface area (TPSA) is 122 Å². The van der Waals surface area contributed by atoms with Crippen molar-refractivity contribution in [1.82, 2.24) is 34.3 Å². The van der Waals surface area contributed by atoms with E-state index in [1.807, 2.05) is 17.1 Å². The fourth-order valence-electron chi connectivity index (χ4n) is 5.05. The maximum absolute atomic E-state index is 13.1. The maximum Gasteiger partial charge on any atom is 0.261 e. The molecule has 6 rings (SSSR count). The SMILES string of the molecule is COCCn1cc(-c2cn3nc4c5ncc(NC(=O)CCN6CCC(C)(C)C6)cc5[nH]c(=O)c4c3s2)cn1. The Balaban J connectivity index is 1.23. The molecule has 1 fully saturated rings. The number of aromatic nitrogens is 6. The van der Waals surface area contributed by atoms with Gasteiger partial charge in [0.2, 0.25) is 5.91 Å². The van der Waals surface area contributed by atoms with Gasteiger partial charge in [-0.05, 0) is 24.4 Å². The quantitative estimate of drug-likeness (QED) is 0.313. The fraction of sp³-hybridized carbons (Fsp3) is 0.423. The summed E-state index contributed by atoms with van der Waals surface area (Å²) >= 11 is 1.48. The standard InChI is InChI=1S/C26H30N8O3S/c1-26(2)5-7-32(15-26)6-4-20(35)29-17-10-18-22(27-12-17)23-21(24(36)30-18)25-34(31-23)14-19(38-25)16-11-28-33(13-16)8-9-37-3/h10-14H,4-9,15H2,1-3H3,(H,29,35)(H,30,36). The number of rotatable bonds is 8. The molecule has 1 saturated heterocycles. The normalized spacial score (nSPS) is 15.8. The lowest BCUT2D eigenvalue weighted by Gasteiger charge is -2.19. The van der Waals surface area contributed by atoms with Crippen LogP contribution >= 0.6 is 11.3 Å². The van der Waals surface area contributed by atoms with Gasteiger partial charge in [-0.25, -0.2) is 4.52 Å². The molecule has 0 unspecified atom stereocenters. The number of nitrogens with zero attached hydrogens (tertiary/aromatic N) is 6. The largest absolute Gasteiger partial charge is 0.383 e. The summed E-state index contributed by atoms with van der Waals surface area (Å²) in [6, 6.07) is 1.74. The molecule has 2 N–H and O–H groups in total. The van der Waals surface area contributed by atoms with E-state index in [4.69, 9.17) is 4.74 Å². The number of anilines is 1. The maximum atomic E-state index is 13.1. The van der Waals surface area contributed by atoms with Crippen molar-refractivity contribution in [1.29, 1.82) is 0 Å². The Morgan fingerprint density at radius 2 is 2.11 bits per heavy atom. The van der Waals surface area contributed by atoms with Crippen molar-refractivity contribution in [2.24, 2.45) is 5.41 Å². The Bertz CT molecular complexity index is 1710. The number of amides is 1. The first-order valence-electron chi connectivity index (χ1n) is 12.7. The number of carbonyl (C=O) groups is 1. The Morgan fingerprint density at radius 1 is 1.24 bits per heavy atom. The Labute approximate surface area is 222 Å². The molecule has 1 aliphatic heterocycles. The third kappa shape index (κ3) is 4.70. The average Bonchev–Trinajstić information content (AvgIpc) is 3.64. The highest BCUT2D eigenvalue weighted by Gasteiger charge is 2.29. The molecule has 0 aliphatic carbocycles. The molecule has 0 spiro atoms. The minimum Gasteiger partial charge on any atom is -0.383 e. The summed E-state index contributed by atoms with van der Waals surface area (Å²) in [5.74, 6) is -0.0696. The summed E-state index contributed by atoms with van der Waals surface area (Å²) in [6.45, 7) is 8.53. The Morgan fingerprint density at radius 3 is 2.89 bits per heavy atom. The molecular weight excluding hydrogens is 504 g/mol. The van der Waals surface area contributed by atoms with E-state index in [2.05, 4.69) is 44.2 Å². The lowest BCUT2D eigenvalue weighted by molar-refractivity contribution is -0.116. The third-order valence-electron chi connectivity index (χ3n) is 7.04. The second-order valence-electron chi connectivity index (χ2n) is 10.6. The first kappa shape index (κ1) is 24.7. The lowest BCUT2D eigenvalue weighted by Crippen LogP contribution is -2.27. The summed E-state index contributed by atoms with van der Waals surface area (Å²) in [4.78, 5) is 37.2. The summed E-state index contributed by atoms with van der Waals surface area (Å²) in [6.07, 6.45) is 8.83. The highest BCUT2D eigenvalue weighted by molar-refractivity contribution is 7.21. The van der Waals surface area contributed by atoms with Gasteiger partial charge >= 0.3 is 0 Å². The van der Waals surface area contributed by atoms with Crippen LogP contribution in [0.4, 0.5) is 5.69 Å². The summed E-state index contributed by atoms with van der Waals surface area (Å²) < 4.78 is 8.67. The van der Waals surface area contributed by atoms with E-state index >= 15 is 0 Å². The molecule has 12 heteroatoms. The Hall–Kier alpha value is -3.61. The zero-order valence-corrected chi connectivity index (χ0v) is 22.5. The van der Waals surface area contributed by atoms with E-state index in [0.717, 1.165) is 41.3 Å². The van der Waals surface area contributed by atoms with E-state index in [1.54, 1.807) is 30.1 Å². The van der Waals surface area contributed by atoms with Gasteiger partial charge in [0, 0.05) is 44.6 Å². The number of pyridine rings is 2. The van der Waals surface area contributed by atoms with Crippen LogP contribution in [-0.4, -0.2) is 73.5 Å². The molecule has 0 radical (unpaired) electrons. The zero-order valence-electron chi connectivity index (χ0n) is 21.7. The monoisotopic (exact) mass is 534 g/mol. The van der Waals surface area contributed by atoms with Crippen LogP contribution in [0.3, 0.4) is 0 Å². The van der Waals surface area contributed by atoms with Gasteiger partial charge in [-0.3, -0.25) is 19.3 Å². The molecule has 0 saturated carbocycles. The number of ether oxygens (including phenoxy) is 1. The average molecular weight is 535 g/mol. The van der Waals surface area contributed by atoms with E-state index in [0.29, 0.717) is 52.6 Å². The van der Waals surface area contributed by atoms with Crippen molar-refractivity contribution < 1.29 is 9.53 Å². The second kappa shape index (κ2) is 9.61. The number of aromatic amines is 1. The number of hydrogen-bond acceptors (Lipinski definition) is 8. The first-order chi connectivity index (χ1) is 18.3. The molecule has 0 bridgehead atoms. The number of likely N-dealkylation sites (tertiary alicyclic amines) is 1. The van der Waals surface area contributed by atoms with Gasteiger partial charge in [0.1, 0.15) is 21.3 Å². The number of hydrogen-bond donors (Lipinski definition) is 2. The van der Waals surface area contributed by atoms with E-state index < -0.39 is 0 Å². The van der Waals surface area contributed by atoms with E-state index in [9.17, 15) is 9.59 Å². The minimum atomic E-state index is -0.242. The van der Waals surface area contributed by atoms with Crippen LogP contribution in [-0.2, 0) is 16.1 Å². The molecule has 0 aromatic carbocycles. The summed E-state index contributed by atoms with van der Waals surface area (Å²) in [5.41, 5.74) is 3.23. The highest BCUT2D eigenvalue weighted by atomic mass is 32.1. The number of fused-ring (bicyclic) bond motifs is 5. The van der Waals surface area contributed by atoms with Crippen LogP contribution in [0.1, 0.15) is 26.7 Å². The molecule has 11 nitrogen and oxygen atoms in total. The van der Waals surface area contributed by atoms with Crippen LogP contribution < -0.4 is 10.9 Å². The van der Waals surface area contributed by atoms with Crippen molar-refractivity contribution >= 4 is 49.7 Å². The van der Waals surface area contributed by atoms with Gasteiger partial charge in [0.25, 0.3) is 5.56 Å². The second-order valence-corrected chi connectivity index (χ2v) is 11.6. The molecule has 5 aromatic rings.